The first kappa shape index (κ1) is 19.7. The van der Waals surface area contributed by atoms with Gasteiger partial charge in [0.15, 0.2) is 0 Å². The number of likely N-dealkylation sites (tertiary alicyclic amines) is 1. The molecule has 0 spiro atoms. The van der Waals surface area contributed by atoms with Crippen LogP contribution in [0.15, 0.2) is 57.7 Å². The third kappa shape index (κ3) is 5.27. The lowest BCUT2D eigenvalue weighted by Gasteiger charge is -2.30. The van der Waals surface area contributed by atoms with Gasteiger partial charge in [-0.05, 0) is 62.3 Å². The summed E-state index contributed by atoms with van der Waals surface area (Å²) in [5.74, 6) is 1.33. The lowest BCUT2D eigenvalue weighted by atomic mass is 9.96. The minimum absolute atomic E-state index is 0.0379. The van der Waals surface area contributed by atoms with Crippen LogP contribution in [-0.4, -0.2) is 39.0 Å². The van der Waals surface area contributed by atoms with Gasteiger partial charge in [0.1, 0.15) is 0 Å². The van der Waals surface area contributed by atoms with Crippen LogP contribution >= 0.6 is 15.9 Å². The third-order valence-electron chi connectivity index (χ3n) is 5.06. The summed E-state index contributed by atoms with van der Waals surface area (Å²) >= 11 is 3.42. The third-order valence-corrected chi connectivity index (χ3v) is 5.59. The average molecular weight is 456 g/mol. The van der Waals surface area contributed by atoms with Gasteiger partial charge in [-0.2, -0.15) is 4.98 Å². The Morgan fingerprint density at radius 3 is 2.69 bits per heavy atom. The van der Waals surface area contributed by atoms with Crippen LogP contribution in [-0.2, 0) is 17.9 Å². The molecule has 7 nitrogen and oxygen atoms in total. The highest BCUT2D eigenvalue weighted by atomic mass is 79.9. The number of pyridine rings is 1. The highest BCUT2D eigenvalue weighted by Crippen LogP contribution is 2.22. The summed E-state index contributed by atoms with van der Waals surface area (Å²) in [5.41, 5.74) is 1.79. The van der Waals surface area contributed by atoms with E-state index < -0.39 is 0 Å². The van der Waals surface area contributed by atoms with Crippen molar-refractivity contribution >= 4 is 21.8 Å². The first-order chi connectivity index (χ1) is 14.2. The Hall–Kier alpha value is -2.58. The molecule has 2 aromatic heterocycles. The van der Waals surface area contributed by atoms with Crippen molar-refractivity contribution in [2.75, 3.05) is 13.1 Å². The minimum Gasteiger partial charge on any atom is -0.350 e. The molecule has 8 heteroatoms. The van der Waals surface area contributed by atoms with E-state index in [-0.39, 0.29) is 11.8 Å². The molecule has 3 aromatic rings. The molecule has 29 heavy (non-hydrogen) atoms. The number of rotatable bonds is 6. The SMILES string of the molecule is O=C(NCc1ccccn1)C1CCN(Cc2nc(-c3ccc(Br)cc3)no2)CC1. The normalized spacial score (nSPS) is 15.3. The van der Waals surface area contributed by atoms with Crippen molar-refractivity contribution < 1.29 is 9.32 Å². The summed E-state index contributed by atoms with van der Waals surface area (Å²) in [4.78, 5) is 23.4. The molecule has 1 aliphatic rings. The van der Waals surface area contributed by atoms with Crippen molar-refractivity contribution in [3.8, 4) is 11.4 Å². The van der Waals surface area contributed by atoms with E-state index in [1.165, 1.54) is 0 Å². The van der Waals surface area contributed by atoms with Crippen LogP contribution in [0.1, 0.15) is 24.4 Å². The Balaban J connectivity index is 1.25. The molecule has 1 aromatic carbocycles. The van der Waals surface area contributed by atoms with Gasteiger partial charge in [0.05, 0.1) is 18.8 Å². The molecule has 0 unspecified atom stereocenters. The van der Waals surface area contributed by atoms with Gasteiger partial charge in [-0.25, -0.2) is 0 Å². The van der Waals surface area contributed by atoms with Gasteiger partial charge in [-0.15, -0.1) is 0 Å². The average Bonchev–Trinajstić information content (AvgIpc) is 3.22. The van der Waals surface area contributed by atoms with Crippen LogP contribution in [0.25, 0.3) is 11.4 Å². The number of hydrogen-bond donors (Lipinski definition) is 1. The van der Waals surface area contributed by atoms with E-state index in [9.17, 15) is 4.79 Å². The zero-order valence-corrected chi connectivity index (χ0v) is 17.5. The maximum absolute atomic E-state index is 12.4. The smallest absolute Gasteiger partial charge is 0.241 e. The quantitative estimate of drug-likeness (QED) is 0.612. The fourth-order valence-electron chi connectivity index (χ4n) is 3.40. The molecule has 4 rings (SSSR count). The number of benzene rings is 1. The van der Waals surface area contributed by atoms with Crippen LogP contribution in [0.5, 0.6) is 0 Å². The number of piperidine rings is 1. The number of halogens is 1. The molecule has 150 valence electrons. The fraction of sp³-hybridized carbons (Fsp3) is 0.333. The number of aromatic nitrogens is 3. The predicted octanol–water partition coefficient (Wildman–Crippen LogP) is 3.42. The number of carbonyl (C=O) groups is 1. The zero-order chi connectivity index (χ0) is 20.1. The van der Waals surface area contributed by atoms with E-state index >= 15 is 0 Å². The van der Waals surface area contributed by atoms with E-state index in [2.05, 4.69) is 41.3 Å². The molecule has 1 amide bonds. The van der Waals surface area contributed by atoms with Gasteiger partial charge in [0, 0.05) is 22.2 Å². The Kier molecular flexibility index (Phi) is 6.31. The summed E-state index contributed by atoms with van der Waals surface area (Å²) in [6.45, 7) is 2.74. The number of nitrogens with one attached hydrogen (secondary N) is 1. The molecule has 0 saturated carbocycles. The molecule has 1 fully saturated rings. The van der Waals surface area contributed by atoms with Crippen LogP contribution in [0.4, 0.5) is 0 Å². The van der Waals surface area contributed by atoms with Crippen molar-refractivity contribution in [2.24, 2.45) is 5.92 Å². The Bertz CT molecular complexity index is 937. The number of carbonyl (C=O) groups excluding carboxylic acids is 1. The fourth-order valence-corrected chi connectivity index (χ4v) is 3.67. The van der Waals surface area contributed by atoms with Gasteiger partial charge in [0.25, 0.3) is 0 Å². The van der Waals surface area contributed by atoms with Gasteiger partial charge in [-0.1, -0.05) is 27.2 Å². The molecule has 1 aliphatic heterocycles. The first-order valence-electron chi connectivity index (χ1n) is 9.66. The van der Waals surface area contributed by atoms with Crippen LogP contribution in [0.3, 0.4) is 0 Å². The van der Waals surface area contributed by atoms with Gasteiger partial charge in [0.2, 0.25) is 17.6 Å². The second kappa shape index (κ2) is 9.28. The topological polar surface area (TPSA) is 84.2 Å². The van der Waals surface area contributed by atoms with Gasteiger partial charge in [-0.3, -0.25) is 14.7 Å². The van der Waals surface area contributed by atoms with E-state index in [1.807, 2.05) is 42.5 Å². The highest BCUT2D eigenvalue weighted by molar-refractivity contribution is 9.10. The molecular weight excluding hydrogens is 434 g/mol. The lowest BCUT2D eigenvalue weighted by molar-refractivity contribution is -0.126. The summed E-state index contributed by atoms with van der Waals surface area (Å²) in [5, 5.41) is 7.07. The maximum Gasteiger partial charge on any atom is 0.241 e. The van der Waals surface area contributed by atoms with E-state index in [1.54, 1.807) is 6.20 Å². The molecule has 0 radical (unpaired) electrons. The largest absolute Gasteiger partial charge is 0.350 e. The number of nitrogens with zero attached hydrogens (tertiary/aromatic N) is 4. The number of hydrogen-bond acceptors (Lipinski definition) is 6. The molecule has 0 aliphatic carbocycles. The first-order valence-corrected chi connectivity index (χ1v) is 10.4. The molecule has 1 saturated heterocycles. The predicted molar refractivity (Wildman–Crippen MR) is 112 cm³/mol. The van der Waals surface area contributed by atoms with Crippen molar-refractivity contribution in [3.05, 3.63) is 64.7 Å². The Morgan fingerprint density at radius 2 is 1.97 bits per heavy atom. The molecular formula is C21H22BrN5O2. The van der Waals surface area contributed by atoms with Crippen LogP contribution in [0, 0.1) is 5.92 Å². The summed E-state index contributed by atoms with van der Waals surface area (Å²) in [6, 6.07) is 13.5. The summed E-state index contributed by atoms with van der Waals surface area (Å²) in [7, 11) is 0. The summed E-state index contributed by atoms with van der Waals surface area (Å²) < 4.78 is 6.42. The molecule has 0 atom stereocenters. The van der Waals surface area contributed by atoms with Crippen molar-refractivity contribution in [1.82, 2.24) is 25.3 Å². The highest BCUT2D eigenvalue weighted by Gasteiger charge is 2.26. The van der Waals surface area contributed by atoms with Gasteiger partial charge < -0.3 is 9.84 Å². The standard InChI is InChI=1S/C21H22BrN5O2/c22-17-6-4-15(5-7-17)20-25-19(29-26-20)14-27-11-8-16(9-12-27)21(28)24-13-18-3-1-2-10-23-18/h1-7,10,16H,8-9,11-14H2,(H,24,28). The second-order valence-corrected chi connectivity index (χ2v) is 8.02. The zero-order valence-electron chi connectivity index (χ0n) is 15.9. The van der Waals surface area contributed by atoms with Crippen molar-refractivity contribution in [2.45, 2.75) is 25.9 Å². The monoisotopic (exact) mass is 455 g/mol. The van der Waals surface area contributed by atoms with Crippen molar-refractivity contribution in [1.29, 1.82) is 0 Å². The van der Waals surface area contributed by atoms with E-state index in [0.717, 1.165) is 41.7 Å². The Morgan fingerprint density at radius 1 is 1.17 bits per heavy atom. The van der Waals surface area contributed by atoms with E-state index in [0.29, 0.717) is 24.8 Å². The lowest BCUT2D eigenvalue weighted by Crippen LogP contribution is -2.40. The van der Waals surface area contributed by atoms with Crippen LogP contribution < -0.4 is 5.32 Å². The maximum atomic E-state index is 12.4. The molecule has 3 heterocycles. The van der Waals surface area contributed by atoms with Crippen molar-refractivity contribution in [3.63, 3.8) is 0 Å². The van der Waals surface area contributed by atoms with Gasteiger partial charge >= 0.3 is 0 Å². The molecule has 1 N–H and O–H groups in total. The minimum atomic E-state index is 0.0379. The Labute approximate surface area is 177 Å². The van der Waals surface area contributed by atoms with E-state index in [4.69, 9.17) is 4.52 Å². The number of amides is 1. The summed E-state index contributed by atoms with van der Waals surface area (Å²) in [6.07, 6.45) is 3.38. The second-order valence-electron chi connectivity index (χ2n) is 7.11. The molecule has 0 bridgehead atoms. The van der Waals surface area contributed by atoms with Crippen LogP contribution in [0.2, 0.25) is 0 Å².